The summed E-state index contributed by atoms with van der Waals surface area (Å²) in [5.74, 6) is 0.372. The van der Waals surface area contributed by atoms with E-state index in [-0.39, 0.29) is 17.1 Å². The highest BCUT2D eigenvalue weighted by Crippen LogP contribution is 2.20. The summed E-state index contributed by atoms with van der Waals surface area (Å²) in [5, 5.41) is 6.36. The van der Waals surface area contributed by atoms with Crippen molar-refractivity contribution in [2.75, 3.05) is 18.5 Å². The van der Waals surface area contributed by atoms with Crippen LogP contribution in [0.15, 0.2) is 54.6 Å². The van der Waals surface area contributed by atoms with Crippen molar-refractivity contribution in [2.24, 2.45) is 0 Å². The van der Waals surface area contributed by atoms with E-state index in [1.165, 1.54) is 6.08 Å². The summed E-state index contributed by atoms with van der Waals surface area (Å²) >= 11 is 11.3. The molecule has 2 aromatic carbocycles. The molecule has 146 valence electrons. The molecule has 0 radical (unpaired) electrons. The number of thiocarbonyl (C=S) groups is 1. The number of ether oxygens (including phenoxy) is 2. The lowest BCUT2D eigenvalue weighted by Gasteiger charge is -2.13. The zero-order valence-corrected chi connectivity index (χ0v) is 16.8. The van der Waals surface area contributed by atoms with Gasteiger partial charge >= 0.3 is 0 Å². The maximum absolute atomic E-state index is 12.0. The minimum absolute atomic E-state index is 0.155. The molecule has 1 saturated heterocycles. The van der Waals surface area contributed by atoms with Gasteiger partial charge < -0.3 is 14.8 Å². The van der Waals surface area contributed by atoms with Crippen LogP contribution in [0.1, 0.15) is 18.4 Å². The van der Waals surface area contributed by atoms with Crippen molar-refractivity contribution in [3.05, 3.63) is 65.2 Å². The Kier molecular flexibility index (Phi) is 7.42. The summed E-state index contributed by atoms with van der Waals surface area (Å²) < 4.78 is 11.3. The van der Waals surface area contributed by atoms with Gasteiger partial charge in [0.05, 0.1) is 6.10 Å². The molecule has 1 fully saturated rings. The van der Waals surface area contributed by atoms with Crippen LogP contribution in [0, 0.1) is 0 Å². The minimum atomic E-state index is -0.344. The van der Waals surface area contributed by atoms with Crippen LogP contribution in [0.2, 0.25) is 5.02 Å². The van der Waals surface area contributed by atoms with E-state index in [1.807, 2.05) is 42.5 Å². The zero-order valence-electron chi connectivity index (χ0n) is 15.2. The first kappa shape index (κ1) is 20.3. The molecule has 3 rings (SSSR count). The Labute approximate surface area is 174 Å². The van der Waals surface area contributed by atoms with E-state index in [2.05, 4.69) is 10.6 Å². The van der Waals surface area contributed by atoms with Crippen molar-refractivity contribution in [3.8, 4) is 5.75 Å². The Bertz CT molecular complexity index is 866. The summed E-state index contributed by atoms with van der Waals surface area (Å²) in [7, 11) is 0. The number of carbonyl (C=O) groups is 1. The van der Waals surface area contributed by atoms with E-state index in [0.29, 0.717) is 17.4 Å². The second kappa shape index (κ2) is 10.2. The van der Waals surface area contributed by atoms with Gasteiger partial charge in [0.1, 0.15) is 12.4 Å². The fourth-order valence-corrected chi connectivity index (χ4v) is 3.14. The van der Waals surface area contributed by atoms with E-state index in [1.54, 1.807) is 12.1 Å². The number of rotatable bonds is 6. The molecule has 1 atom stereocenters. The van der Waals surface area contributed by atoms with E-state index in [9.17, 15) is 4.79 Å². The molecule has 5 nitrogen and oxygen atoms in total. The van der Waals surface area contributed by atoms with Crippen LogP contribution in [0.25, 0.3) is 6.08 Å². The van der Waals surface area contributed by atoms with E-state index in [4.69, 9.17) is 33.3 Å². The van der Waals surface area contributed by atoms with Gasteiger partial charge in [0.15, 0.2) is 5.11 Å². The molecular formula is C21H21ClN2O3S. The number of hydrogen-bond donors (Lipinski definition) is 2. The van der Waals surface area contributed by atoms with Gasteiger partial charge in [0.2, 0.25) is 5.91 Å². The fourth-order valence-electron chi connectivity index (χ4n) is 2.72. The number of benzene rings is 2. The van der Waals surface area contributed by atoms with E-state index in [0.717, 1.165) is 30.7 Å². The Morgan fingerprint density at radius 3 is 2.93 bits per heavy atom. The van der Waals surface area contributed by atoms with Gasteiger partial charge in [0, 0.05) is 29.5 Å². The number of hydrogen-bond acceptors (Lipinski definition) is 4. The Morgan fingerprint density at radius 1 is 1.29 bits per heavy atom. The highest BCUT2D eigenvalue weighted by molar-refractivity contribution is 7.80. The van der Waals surface area contributed by atoms with Gasteiger partial charge in [-0.05, 0) is 54.9 Å². The molecule has 7 heteroatoms. The highest BCUT2D eigenvalue weighted by atomic mass is 35.5. The molecule has 0 saturated carbocycles. The number of carbonyl (C=O) groups excluding carboxylic acids is 1. The van der Waals surface area contributed by atoms with Crippen molar-refractivity contribution >= 4 is 46.6 Å². The molecule has 2 N–H and O–H groups in total. The average Bonchev–Trinajstić information content (AvgIpc) is 3.19. The molecule has 28 heavy (non-hydrogen) atoms. The summed E-state index contributed by atoms with van der Waals surface area (Å²) in [4.78, 5) is 12.0. The van der Waals surface area contributed by atoms with Crippen LogP contribution in [0.4, 0.5) is 5.69 Å². The molecule has 0 spiro atoms. The van der Waals surface area contributed by atoms with Crippen molar-refractivity contribution < 1.29 is 14.3 Å². The molecule has 0 aliphatic carbocycles. The van der Waals surface area contributed by atoms with Crippen LogP contribution in [0.3, 0.4) is 0 Å². The summed E-state index contributed by atoms with van der Waals surface area (Å²) in [6.45, 7) is 1.33. The maximum Gasteiger partial charge on any atom is 0.250 e. The SMILES string of the molecule is O=C(/C=C/c1ccccc1Cl)NC(=S)Nc1cccc(OCC2CCCO2)c1. The molecule has 0 aromatic heterocycles. The summed E-state index contributed by atoms with van der Waals surface area (Å²) in [5.41, 5.74) is 1.49. The second-order valence-electron chi connectivity index (χ2n) is 6.27. The normalized spacial score (nSPS) is 16.1. The summed E-state index contributed by atoms with van der Waals surface area (Å²) in [6, 6.07) is 14.7. The third kappa shape index (κ3) is 6.34. The zero-order chi connectivity index (χ0) is 19.8. The second-order valence-corrected chi connectivity index (χ2v) is 7.09. The predicted molar refractivity (Wildman–Crippen MR) is 116 cm³/mol. The maximum atomic E-state index is 12.0. The highest BCUT2D eigenvalue weighted by Gasteiger charge is 2.16. The van der Waals surface area contributed by atoms with E-state index >= 15 is 0 Å². The van der Waals surface area contributed by atoms with Gasteiger partial charge in [-0.2, -0.15) is 0 Å². The largest absolute Gasteiger partial charge is 0.491 e. The first-order valence-electron chi connectivity index (χ1n) is 8.99. The van der Waals surface area contributed by atoms with Crippen molar-refractivity contribution in [3.63, 3.8) is 0 Å². The third-order valence-corrected chi connectivity index (χ3v) is 4.66. The fraction of sp³-hybridized carbons (Fsp3) is 0.238. The number of anilines is 1. The molecule has 1 unspecified atom stereocenters. The molecular weight excluding hydrogens is 396 g/mol. The first-order valence-corrected chi connectivity index (χ1v) is 9.78. The Hall–Kier alpha value is -2.41. The Morgan fingerprint density at radius 2 is 2.14 bits per heavy atom. The smallest absolute Gasteiger partial charge is 0.250 e. The topological polar surface area (TPSA) is 59.6 Å². The van der Waals surface area contributed by atoms with Gasteiger partial charge in [-0.3, -0.25) is 10.1 Å². The van der Waals surface area contributed by atoms with Crippen LogP contribution in [-0.2, 0) is 9.53 Å². The number of amides is 1. The van der Waals surface area contributed by atoms with Gasteiger partial charge in [0.25, 0.3) is 0 Å². The lowest BCUT2D eigenvalue weighted by molar-refractivity contribution is -0.115. The minimum Gasteiger partial charge on any atom is -0.491 e. The van der Waals surface area contributed by atoms with Gasteiger partial charge in [-0.15, -0.1) is 0 Å². The van der Waals surface area contributed by atoms with Gasteiger partial charge in [-0.25, -0.2) is 0 Å². The molecule has 1 aliphatic rings. The molecule has 0 bridgehead atoms. The monoisotopic (exact) mass is 416 g/mol. The number of halogens is 1. The lowest BCUT2D eigenvalue weighted by Crippen LogP contribution is -2.32. The lowest BCUT2D eigenvalue weighted by atomic mass is 10.2. The standard InChI is InChI=1S/C21H21ClN2O3S/c22-19-9-2-1-5-15(19)10-11-20(25)24-21(28)23-16-6-3-7-17(13-16)27-14-18-8-4-12-26-18/h1-3,5-7,9-11,13,18H,4,8,12,14H2,(H2,23,24,25,28)/b11-10+. The molecule has 2 aromatic rings. The Balaban J connectivity index is 1.49. The molecule has 1 heterocycles. The van der Waals surface area contributed by atoms with Gasteiger partial charge in [-0.1, -0.05) is 35.9 Å². The quantitative estimate of drug-likeness (QED) is 0.539. The first-order chi connectivity index (χ1) is 13.6. The average molecular weight is 417 g/mol. The molecule has 1 aliphatic heterocycles. The number of nitrogens with one attached hydrogen (secondary N) is 2. The summed E-state index contributed by atoms with van der Waals surface area (Å²) in [6.07, 6.45) is 5.28. The van der Waals surface area contributed by atoms with Crippen LogP contribution < -0.4 is 15.4 Å². The molecule has 1 amide bonds. The predicted octanol–water partition coefficient (Wildman–Crippen LogP) is 4.42. The van der Waals surface area contributed by atoms with Crippen LogP contribution >= 0.6 is 23.8 Å². The van der Waals surface area contributed by atoms with Crippen molar-refractivity contribution in [1.29, 1.82) is 0 Å². The van der Waals surface area contributed by atoms with Crippen LogP contribution in [0.5, 0.6) is 5.75 Å². The third-order valence-electron chi connectivity index (χ3n) is 4.11. The van der Waals surface area contributed by atoms with Crippen molar-refractivity contribution in [1.82, 2.24) is 5.32 Å². The van der Waals surface area contributed by atoms with Crippen LogP contribution in [-0.4, -0.2) is 30.3 Å². The van der Waals surface area contributed by atoms with Crippen molar-refractivity contribution in [2.45, 2.75) is 18.9 Å². The van der Waals surface area contributed by atoms with E-state index < -0.39 is 0 Å².